The zero-order valence-electron chi connectivity index (χ0n) is 12.6. The van der Waals surface area contributed by atoms with E-state index in [1.807, 2.05) is 42.7 Å². The molecule has 4 rings (SSSR count). The topological polar surface area (TPSA) is 85.3 Å². The van der Waals surface area contributed by atoms with E-state index in [4.69, 9.17) is 0 Å². The highest BCUT2D eigenvalue weighted by molar-refractivity contribution is 5.94. The first kappa shape index (κ1) is 14.1. The van der Waals surface area contributed by atoms with Crippen LogP contribution in [0.3, 0.4) is 0 Å². The molecule has 0 amide bonds. The maximum absolute atomic E-state index is 11.4. The summed E-state index contributed by atoms with van der Waals surface area (Å²) < 4.78 is 3.42. The number of nitrogens with zero attached hydrogens (tertiary/aromatic N) is 5. The Morgan fingerprint density at radius 3 is 2.71 bits per heavy atom. The molecule has 24 heavy (non-hydrogen) atoms. The predicted octanol–water partition coefficient (Wildman–Crippen LogP) is 2.20. The van der Waals surface area contributed by atoms with Gasteiger partial charge in [-0.1, -0.05) is 12.1 Å². The van der Waals surface area contributed by atoms with E-state index in [-0.39, 0.29) is 5.56 Å². The van der Waals surface area contributed by atoms with Crippen LogP contribution < -0.4 is 0 Å². The number of aromatic carboxylic acids is 1. The van der Waals surface area contributed by atoms with E-state index < -0.39 is 5.97 Å². The summed E-state index contributed by atoms with van der Waals surface area (Å²) in [4.78, 5) is 11.4. The molecule has 0 saturated carbocycles. The molecule has 0 unspecified atom stereocenters. The molecule has 1 N–H and O–H groups in total. The van der Waals surface area contributed by atoms with Gasteiger partial charge in [0.05, 0.1) is 5.69 Å². The number of hydrogen-bond acceptors (Lipinski definition) is 4. The lowest BCUT2D eigenvalue weighted by molar-refractivity contribution is 0.0698. The molecule has 0 bridgehead atoms. The number of fused-ring (bicyclic) bond motifs is 1. The number of pyridine rings is 1. The van der Waals surface area contributed by atoms with Gasteiger partial charge in [0.15, 0.2) is 5.65 Å². The van der Waals surface area contributed by atoms with Gasteiger partial charge in [-0.25, -0.2) is 9.48 Å². The minimum Gasteiger partial charge on any atom is -0.478 e. The SMILES string of the molecule is O=C(O)c1cc(Cc2ccc(-n3cccn3)cc2)cn2cnnc12. The zero-order chi connectivity index (χ0) is 16.5. The van der Waals surface area contributed by atoms with Gasteiger partial charge in [-0.05, 0) is 41.8 Å². The van der Waals surface area contributed by atoms with E-state index in [1.165, 1.54) is 6.33 Å². The van der Waals surface area contributed by atoms with Crippen molar-refractivity contribution in [3.63, 3.8) is 0 Å². The third-order valence-corrected chi connectivity index (χ3v) is 3.79. The molecule has 0 spiro atoms. The van der Waals surface area contributed by atoms with Gasteiger partial charge in [0.2, 0.25) is 0 Å². The third kappa shape index (κ3) is 2.52. The second kappa shape index (κ2) is 5.62. The van der Waals surface area contributed by atoms with Crippen molar-refractivity contribution in [2.75, 3.05) is 0 Å². The van der Waals surface area contributed by atoms with E-state index in [2.05, 4.69) is 15.3 Å². The molecule has 0 aliphatic heterocycles. The fourth-order valence-corrected chi connectivity index (χ4v) is 2.67. The van der Waals surface area contributed by atoms with Crippen molar-refractivity contribution in [1.29, 1.82) is 0 Å². The molecule has 0 fully saturated rings. The van der Waals surface area contributed by atoms with Gasteiger partial charge < -0.3 is 5.11 Å². The van der Waals surface area contributed by atoms with Crippen LogP contribution in [0.4, 0.5) is 0 Å². The maximum atomic E-state index is 11.4. The summed E-state index contributed by atoms with van der Waals surface area (Å²) >= 11 is 0. The fourth-order valence-electron chi connectivity index (χ4n) is 2.67. The first-order valence-electron chi connectivity index (χ1n) is 7.35. The van der Waals surface area contributed by atoms with Crippen molar-refractivity contribution < 1.29 is 9.90 Å². The highest BCUT2D eigenvalue weighted by atomic mass is 16.4. The maximum Gasteiger partial charge on any atom is 0.339 e. The Hall–Kier alpha value is -3.48. The van der Waals surface area contributed by atoms with E-state index >= 15 is 0 Å². The molecule has 0 radical (unpaired) electrons. The average Bonchev–Trinajstić information content (AvgIpc) is 3.26. The van der Waals surface area contributed by atoms with Crippen LogP contribution in [-0.2, 0) is 6.42 Å². The Bertz CT molecular complexity index is 1000. The number of benzene rings is 1. The summed E-state index contributed by atoms with van der Waals surface area (Å²) in [5.41, 5.74) is 3.43. The first-order chi connectivity index (χ1) is 11.7. The van der Waals surface area contributed by atoms with E-state index in [9.17, 15) is 9.90 Å². The van der Waals surface area contributed by atoms with Crippen LogP contribution in [0.2, 0.25) is 0 Å². The molecule has 0 aliphatic carbocycles. The lowest BCUT2D eigenvalue weighted by Gasteiger charge is -2.07. The van der Waals surface area contributed by atoms with Crippen molar-refractivity contribution in [2.24, 2.45) is 0 Å². The molecule has 4 aromatic rings. The number of hydrogen-bond donors (Lipinski definition) is 1. The van der Waals surface area contributed by atoms with Gasteiger partial charge in [0.25, 0.3) is 0 Å². The summed E-state index contributed by atoms with van der Waals surface area (Å²) in [5, 5.41) is 21.2. The van der Waals surface area contributed by atoms with Crippen molar-refractivity contribution in [1.82, 2.24) is 24.4 Å². The molecule has 7 heteroatoms. The van der Waals surface area contributed by atoms with Crippen molar-refractivity contribution >= 4 is 11.6 Å². The second-order valence-electron chi connectivity index (χ2n) is 5.42. The van der Waals surface area contributed by atoms with Gasteiger partial charge in [-0.3, -0.25) is 4.40 Å². The fraction of sp³-hybridized carbons (Fsp3) is 0.0588. The first-order valence-corrected chi connectivity index (χ1v) is 7.35. The minimum absolute atomic E-state index is 0.151. The van der Waals surface area contributed by atoms with Gasteiger partial charge >= 0.3 is 5.97 Å². The molecule has 118 valence electrons. The van der Waals surface area contributed by atoms with E-state index in [0.29, 0.717) is 12.1 Å². The second-order valence-corrected chi connectivity index (χ2v) is 5.42. The smallest absolute Gasteiger partial charge is 0.339 e. The Kier molecular flexibility index (Phi) is 3.31. The number of aromatic nitrogens is 5. The van der Waals surface area contributed by atoms with Crippen molar-refractivity contribution in [2.45, 2.75) is 6.42 Å². The Morgan fingerprint density at radius 2 is 2.00 bits per heavy atom. The molecular weight excluding hydrogens is 306 g/mol. The zero-order valence-corrected chi connectivity index (χ0v) is 12.6. The predicted molar refractivity (Wildman–Crippen MR) is 86.3 cm³/mol. The van der Waals surface area contributed by atoms with Crippen LogP contribution in [0.15, 0.2) is 61.3 Å². The molecular formula is C17H13N5O2. The van der Waals surface area contributed by atoms with Crippen LogP contribution in [-0.4, -0.2) is 35.5 Å². The Labute approximate surface area is 136 Å². The summed E-state index contributed by atoms with van der Waals surface area (Å²) in [6.07, 6.45) is 7.59. The van der Waals surface area contributed by atoms with Crippen LogP contribution >= 0.6 is 0 Å². The summed E-state index contributed by atoms with van der Waals surface area (Å²) in [5.74, 6) is -1.01. The highest BCUT2D eigenvalue weighted by Crippen LogP contribution is 2.16. The Balaban J connectivity index is 1.65. The van der Waals surface area contributed by atoms with Gasteiger partial charge in [-0.15, -0.1) is 10.2 Å². The summed E-state index contributed by atoms with van der Waals surface area (Å²) in [6.45, 7) is 0. The molecule has 7 nitrogen and oxygen atoms in total. The molecule has 0 saturated heterocycles. The monoisotopic (exact) mass is 319 g/mol. The van der Waals surface area contributed by atoms with Crippen LogP contribution in [0.1, 0.15) is 21.5 Å². The molecule has 0 aliphatic rings. The normalized spacial score (nSPS) is 11.0. The van der Waals surface area contributed by atoms with Crippen LogP contribution in [0.5, 0.6) is 0 Å². The van der Waals surface area contributed by atoms with Gasteiger partial charge in [0.1, 0.15) is 11.9 Å². The summed E-state index contributed by atoms with van der Waals surface area (Å²) in [7, 11) is 0. The number of rotatable bonds is 4. The summed E-state index contributed by atoms with van der Waals surface area (Å²) in [6, 6.07) is 11.5. The lowest BCUT2D eigenvalue weighted by Crippen LogP contribution is -2.03. The van der Waals surface area contributed by atoms with Crippen LogP contribution in [0.25, 0.3) is 11.3 Å². The number of carboxylic acids is 1. The number of carbonyl (C=O) groups is 1. The highest BCUT2D eigenvalue weighted by Gasteiger charge is 2.13. The van der Waals surface area contributed by atoms with Crippen molar-refractivity contribution in [3.8, 4) is 5.69 Å². The minimum atomic E-state index is -1.01. The molecule has 3 aromatic heterocycles. The van der Waals surface area contributed by atoms with E-state index in [0.717, 1.165) is 16.8 Å². The average molecular weight is 319 g/mol. The molecule has 3 heterocycles. The van der Waals surface area contributed by atoms with Gasteiger partial charge in [0, 0.05) is 18.6 Å². The number of carboxylic acid groups (broad SMARTS) is 1. The van der Waals surface area contributed by atoms with Crippen molar-refractivity contribution in [3.05, 3.63) is 78.0 Å². The third-order valence-electron chi connectivity index (χ3n) is 3.79. The standard InChI is InChI=1S/C17H13N5O2/c23-17(24)15-9-13(10-21-11-18-20-16(15)21)8-12-2-4-14(5-3-12)22-7-1-6-19-22/h1-7,9-11H,8H2,(H,23,24). The van der Waals surface area contributed by atoms with E-state index in [1.54, 1.807) is 21.3 Å². The van der Waals surface area contributed by atoms with Gasteiger partial charge in [-0.2, -0.15) is 5.10 Å². The largest absolute Gasteiger partial charge is 0.478 e. The lowest BCUT2D eigenvalue weighted by atomic mass is 10.0. The van der Waals surface area contributed by atoms with Crippen LogP contribution in [0, 0.1) is 0 Å². The quantitative estimate of drug-likeness (QED) is 0.623. The Morgan fingerprint density at radius 1 is 1.17 bits per heavy atom. The molecule has 1 aromatic carbocycles. The molecule has 0 atom stereocenters.